The first-order chi connectivity index (χ1) is 13.7. The third kappa shape index (κ3) is 2.65. The van der Waals surface area contributed by atoms with Crippen LogP contribution in [-0.4, -0.2) is 64.1 Å². The van der Waals surface area contributed by atoms with Gasteiger partial charge in [0.1, 0.15) is 11.3 Å². The molecule has 3 atom stereocenters. The van der Waals surface area contributed by atoms with Crippen LogP contribution in [-0.2, 0) is 0 Å². The molecule has 0 bridgehead atoms. The van der Waals surface area contributed by atoms with Crippen LogP contribution in [0.2, 0.25) is 0 Å². The Balaban J connectivity index is 1.39. The summed E-state index contributed by atoms with van der Waals surface area (Å²) in [6, 6.07) is 10.4. The Morgan fingerprint density at radius 2 is 2.00 bits per heavy atom. The molecule has 0 aliphatic carbocycles. The van der Waals surface area contributed by atoms with Crippen LogP contribution in [0.5, 0.6) is 5.75 Å². The van der Waals surface area contributed by atoms with E-state index < -0.39 is 0 Å². The number of likely N-dealkylation sites (tertiary alicyclic amines) is 2. The second-order valence-electron chi connectivity index (χ2n) is 7.74. The fourth-order valence-electron chi connectivity index (χ4n) is 4.87. The quantitative estimate of drug-likeness (QED) is 0.700. The molecule has 0 radical (unpaired) electrons. The zero-order valence-electron chi connectivity index (χ0n) is 16.0. The van der Waals surface area contributed by atoms with Gasteiger partial charge in [0.15, 0.2) is 5.65 Å². The van der Waals surface area contributed by atoms with Gasteiger partial charge in [-0.3, -0.25) is 9.69 Å². The maximum Gasteiger partial charge on any atom is 0.259 e. The Bertz CT molecular complexity index is 1020. The molecule has 0 spiro atoms. The Kier molecular flexibility index (Phi) is 4.05. The first kappa shape index (κ1) is 17.2. The number of carbonyl (C=O) groups is 1. The minimum absolute atomic E-state index is 0.0271. The number of ether oxygens (including phenoxy) is 1. The third-order valence-corrected chi connectivity index (χ3v) is 6.15. The highest BCUT2D eigenvalue weighted by Gasteiger charge is 2.47. The summed E-state index contributed by atoms with van der Waals surface area (Å²) in [5.41, 5.74) is 2.48. The molecule has 0 saturated carbocycles. The number of rotatable bonds is 3. The molecular weight excluding hydrogens is 354 g/mol. The molecule has 1 aromatic carbocycles. The summed E-state index contributed by atoms with van der Waals surface area (Å²) in [6.45, 7) is 2.54. The van der Waals surface area contributed by atoms with Crippen molar-refractivity contribution in [1.82, 2.24) is 24.4 Å². The molecule has 0 N–H and O–H groups in total. The van der Waals surface area contributed by atoms with Crippen molar-refractivity contribution < 1.29 is 9.53 Å². The van der Waals surface area contributed by atoms with Crippen LogP contribution in [0, 0.1) is 11.8 Å². The van der Waals surface area contributed by atoms with Crippen molar-refractivity contribution in [3.8, 4) is 5.75 Å². The minimum atomic E-state index is 0.0271. The molecule has 2 aromatic heterocycles. The Labute approximate surface area is 163 Å². The zero-order chi connectivity index (χ0) is 19.3. The average molecular weight is 377 g/mol. The molecule has 5 rings (SSSR count). The van der Waals surface area contributed by atoms with Gasteiger partial charge in [0.2, 0.25) is 0 Å². The van der Waals surface area contributed by atoms with E-state index in [9.17, 15) is 4.79 Å². The Hall–Kier alpha value is -2.93. The highest BCUT2D eigenvalue weighted by molar-refractivity contribution is 5.99. The largest absolute Gasteiger partial charge is 0.497 e. The average Bonchev–Trinajstić information content (AvgIpc) is 3.40. The number of fused-ring (bicyclic) bond motifs is 2. The normalized spacial score (nSPS) is 24.6. The third-order valence-electron chi connectivity index (χ3n) is 6.15. The van der Waals surface area contributed by atoms with Crippen molar-refractivity contribution in [2.45, 2.75) is 6.04 Å². The lowest BCUT2D eigenvalue weighted by molar-refractivity contribution is 0.0769. The standard InChI is InChI=1S/C21H23N5O2/c1-24-11-15-12-25(21(27)17-10-23-26-9-3-8-22-20(17)26)13-18(15)19(24)14-4-6-16(28-2)7-5-14/h3-10,15,18-19H,11-13H2,1-2H3/t15-,18+,19-/m0/s1. The van der Waals surface area contributed by atoms with E-state index in [1.54, 1.807) is 24.0 Å². The number of nitrogens with zero attached hydrogens (tertiary/aromatic N) is 5. The van der Waals surface area contributed by atoms with Crippen LogP contribution >= 0.6 is 0 Å². The summed E-state index contributed by atoms with van der Waals surface area (Å²) in [5.74, 6) is 1.80. The van der Waals surface area contributed by atoms with Crippen LogP contribution in [0.3, 0.4) is 0 Å². The molecule has 2 aliphatic rings. The van der Waals surface area contributed by atoms with Crippen molar-refractivity contribution in [3.05, 3.63) is 60.0 Å². The van der Waals surface area contributed by atoms with Crippen molar-refractivity contribution >= 4 is 11.6 Å². The van der Waals surface area contributed by atoms with E-state index in [2.05, 4.69) is 34.2 Å². The predicted molar refractivity (Wildman–Crippen MR) is 104 cm³/mol. The molecule has 3 aromatic rings. The fourth-order valence-corrected chi connectivity index (χ4v) is 4.87. The monoisotopic (exact) mass is 377 g/mol. The highest BCUT2D eigenvalue weighted by Crippen LogP contribution is 2.44. The number of hydrogen-bond donors (Lipinski definition) is 0. The second kappa shape index (κ2) is 6.60. The van der Waals surface area contributed by atoms with Gasteiger partial charge in [0.05, 0.1) is 13.3 Å². The summed E-state index contributed by atoms with van der Waals surface area (Å²) >= 11 is 0. The van der Waals surface area contributed by atoms with Crippen LogP contribution in [0.4, 0.5) is 0 Å². The number of aromatic nitrogens is 3. The van der Waals surface area contributed by atoms with Crippen molar-refractivity contribution in [2.75, 3.05) is 33.8 Å². The lowest BCUT2D eigenvalue weighted by Crippen LogP contribution is -2.33. The Morgan fingerprint density at radius 3 is 2.79 bits per heavy atom. The molecule has 28 heavy (non-hydrogen) atoms. The smallest absolute Gasteiger partial charge is 0.259 e. The molecule has 144 valence electrons. The van der Waals surface area contributed by atoms with Gasteiger partial charge in [-0.15, -0.1) is 0 Å². The molecule has 7 heteroatoms. The minimum Gasteiger partial charge on any atom is -0.497 e. The van der Waals surface area contributed by atoms with Crippen LogP contribution in [0.1, 0.15) is 22.0 Å². The number of benzene rings is 1. The van der Waals surface area contributed by atoms with Gasteiger partial charge in [-0.25, -0.2) is 9.50 Å². The molecule has 2 saturated heterocycles. The van der Waals surface area contributed by atoms with E-state index in [-0.39, 0.29) is 5.91 Å². The van der Waals surface area contributed by atoms with Crippen LogP contribution < -0.4 is 4.74 Å². The first-order valence-corrected chi connectivity index (χ1v) is 9.57. The molecule has 1 amide bonds. The molecule has 4 heterocycles. The van der Waals surface area contributed by atoms with Gasteiger partial charge in [-0.05, 0) is 36.7 Å². The fraction of sp³-hybridized carbons (Fsp3) is 0.381. The van der Waals surface area contributed by atoms with Crippen molar-refractivity contribution in [3.63, 3.8) is 0 Å². The predicted octanol–water partition coefficient (Wildman–Crippen LogP) is 2.11. The van der Waals surface area contributed by atoms with E-state index >= 15 is 0 Å². The van der Waals surface area contributed by atoms with Gasteiger partial charge in [0.25, 0.3) is 5.91 Å². The molecule has 2 fully saturated rings. The van der Waals surface area contributed by atoms with E-state index in [1.807, 2.05) is 29.3 Å². The second-order valence-corrected chi connectivity index (χ2v) is 7.74. The lowest BCUT2D eigenvalue weighted by Gasteiger charge is -2.27. The van der Waals surface area contributed by atoms with Gasteiger partial charge in [0, 0.05) is 44.0 Å². The van der Waals surface area contributed by atoms with Crippen LogP contribution in [0.25, 0.3) is 5.65 Å². The molecule has 2 aliphatic heterocycles. The molecular formula is C21H23N5O2. The van der Waals surface area contributed by atoms with Crippen molar-refractivity contribution in [1.29, 1.82) is 0 Å². The first-order valence-electron chi connectivity index (χ1n) is 9.57. The van der Waals surface area contributed by atoms with Gasteiger partial charge in [-0.2, -0.15) is 5.10 Å². The van der Waals surface area contributed by atoms with Gasteiger partial charge in [-0.1, -0.05) is 12.1 Å². The van der Waals surface area contributed by atoms with E-state index in [1.165, 1.54) is 5.56 Å². The zero-order valence-corrected chi connectivity index (χ0v) is 16.0. The summed E-state index contributed by atoms with van der Waals surface area (Å²) in [6.07, 6.45) is 5.14. The van der Waals surface area contributed by atoms with E-state index in [4.69, 9.17) is 4.74 Å². The number of carbonyl (C=O) groups excluding carboxylic acids is 1. The molecule has 0 unspecified atom stereocenters. The summed E-state index contributed by atoms with van der Waals surface area (Å²) in [5, 5.41) is 4.26. The number of hydrogen-bond acceptors (Lipinski definition) is 5. The SMILES string of the molecule is COc1ccc([C@H]2[C@@H]3CN(C(=O)c4cnn5cccnc45)C[C@@H]3CN2C)cc1. The molecule has 7 nitrogen and oxygen atoms in total. The number of methoxy groups -OCH3 is 1. The van der Waals surface area contributed by atoms with Gasteiger partial charge >= 0.3 is 0 Å². The summed E-state index contributed by atoms with van der Waals surface area (Å²) in [7, 11) is 3.86. The summed E-state index contributed by atoms with van der Waals surface area (Å²) < 4.78 is 6.94. The maximum absolute atomic E-state index is 13.2. The van der Waals surface area contributed by atoms with Crippen LogP contribution in [0.15, 0.2) is 48.9 Å². The van der Waals surface area contributed by atoms with Gasteiger partial charge < -0.3 is 9.64 Å². The highest BCUT2D eigenvalue weighted by atomic mass is 16.5. The number of amides is 1. The Morgan fingerprint density at radius 1 is 1.18 bits per heavy atom. The van der Waals surface area contributed by atoms with E-state index in [0.717, 1.165) is 25.4 Å². The topological polar surface area (TPSA) is 63.0 Å². The van der Waals surface area contributed by atoms with E-state index in [0.29, 0.717) is 29.1 Å². The maximum atomic E-state index is 13.2. The van der Waals surface area contributed by atoms with Crippen molar-refractivity contribution in [2.24, 2.45) is 11.8 Å². The summed E-state index contributed by atoms with van der Waals surface area (Å²) in [4.78, 5) is 21.9. The lowest BCUT2D eigenvalue weighted by atomic mass is 9.89.